The van der Waals surface area contributed by atoms with Crippen LogP contribution in [0.25, 0.3) is 0 Å². The molecule has 0 saturated carbocycles. The molecule has 3 nitrogen and oxygen atoms in total. The highest BCUT2D eigenvalue weighted by Gasteiger charge is 2.11. The molecular weight excluding hydrogens is 284 g/mol. The Morgan fingerprint density at radius 3 is 2.24 bits per heavy atom. The van der Waals surface area contributed by atoms with Crippen LogP contribution in [0.1, 0.15) is 18.0 Å². The molecule has 110 valence electrons. The van der Waals surface area contributed by atoms with Gasteiger partial charge in [0.2, 0.25) is 5.91 Å². The van der Waals surface area contributed by atoms with Gasteiger partial charge >= 0.3 is 0 Å². The largest absolute Gasteiger partial charge is 0.378 e. The van der Waals surface area contributed by atoms with Crippen LogP contribution in [0.15, 0.2) is 60.7 Å². The van der Waals surface area contributed by atoms with E-state index in [9.17, 15) is 4.79 Å². The molecular formula is C17H19ClN2O. The van der Waals surface area contributed by atoms with Crippen LogP contribution >= 0.6 is 11.6 Å². The van der Waals surface area contributed by atoms with Gasteiger partial charge in [-0.1, -0.05) is 48.5 Å². The molecule has 2 rings (SSSR count). The molecule has 0 heterocycles. The van der Waals surface area contributed by atoms with Crippen molar-refractivity contribution in [1.82, 2.24) is 5.32 Å². The van der Waals surface area contributed by atoms with Crippen molar-refractivity contribution in [1.29, 1.82) is 0 Å². The van der Waals surface area contributed by atoms with Crippen LogP contribution in [0.2, 0.25) is 0 Å². The topological polar surface area (TPSA) is 41.1 Å². The Morgan fingerprint density at radius 2 is 1.62 bits per heavy atom. The molecule has 0 aliphatic heterocycles. The number of carbonyl (C=O) groups excluding carboxylic acids is 1. The van der Waals surface area contributed by atoms with Crippen LogP contribution in [-0.4, -0.2) is 18.3 Å². The Kier molecular flexibility index (Phi) is 6.10. The highest BCUT2D eigenvalue weighted by atomic mass is 35.5. The van der Waals surface area contributed by atoms with Gasteiger partial charge in [-0.15, -0.1) is 11.6 Å². The van der Waals surface area contributed by atoms with E-state index in [2.05, 4.69) is 22.8 Å². The fraction of sp³-hybridized carbons (Fsp3) is 0.235. The zero-order valence-electron chi connectivity index (χ0n) is 11.8. The molecule has 1 atom stereocenters. The van der Waals surface area contributed by atoms with Gasteiger partial charge in [0.15, 0.2) is 0 Å². The van der Waals surface area contributed by atoms with E-state index in [0.717, 1.165) is 12.1 Å². The van der Waals surface area contributed by atoms with Crippen LogP contribution in [-0.2, 0) is 4.79 Å². The Bertz CT molecular complexity index is 545. The van der Waals surface area contributed by atoms with Crippen LogP contribution in [0, 0.1) is 0 Å². The summed E-state index contributed by atoms with van der Waals surface area (Å²) in [7, 11) is 0. The number of para-hydroxylation sites is 1. The summed E-state index contributed by atoms with van der Waals surface area (Å²) in [6.45, 7) is 0.588. The van der Waals surface area contributed by atoms with Crippen molar-refractivity contribution in [2.24, 2.45) is 0 Å². The van der Waals surface area contributed by atoms with Crippen LogP contribution < -0.4 is 10.6 Å². The van der Waals surface area contributed by atoms with Gasteiger partial charge < -0.3 is 10.6 Å². The van der Waals surface area contributed by atoms with Gasteiger partial charge in [-0.25, -0.2) is 0 Å². The first-order valence-electron chi connectivity index (χ1n) is 6.99. The molecule has 2 aromatic carbocycles. The minimum Gasteiger partial charge on any atom is -0.378 e. The molecule has 0 saturated heterocycles. The molecule has 0 aliphatic carbocycles. The van der Waals surface area contributed by atoms with E-state index >= 15 is 0 Å². The highest BCUT2D eigenvalue weighted by Crippen LogP contribution is 2.22. The second-order valence-electron chi connectivity index (χ2n) is 4.75. The highest BCUT2D eigenvalue weighted by molar-refractivity contribution is 6.27. The molecule has 4 heteroatoms. The van der Waals surface area contributed by atoms with E-state index in [1.54, 1.807) is 0 Å². The van der Waals surface area contributed by atoms with Crippen LogP contribution in [0.3, 0.4) is 0 Å². The summed E-state index contributed by atoms with van der Waals surface area (Å²) >= 11 is 5.49. The van der Waals surface area contributed by atoms with Crippen molar-refractivity contribution in [3.05, 3.63) is 66.2 Å². The molecule has 2 aromatic rings. The summed E-state index contributed by atoms with van der Waals surface area (Å²) in [6, 6.07) is 20.4. The maximum Gasteiger partial charge on any atom is 0.234 e. The molecule has 0 fully saturated rings. The number of hydrogen-bond acceptors (Lipinski definition) is 2. The zero-order valence-corrected chi connectivity index (χ0v) is 12.5. The zero-order chi connectivity index (χ0) is 14.9. The van der Waals surface area contributed by atoms with E-state index in [0.29, 0.717) is 6.54 Å². The molecule has 21 heavy (non-hydrogen) atoms. The minimum absolute atomic E-state index is 0.00210. The smallest absolute Gasteiger partial charge is 0.234 e. The summed E-state index contributed by atoms with van der Waals surface area (Å²) < 4.78 is 0. The van der Waals surface area contributed by atoms with Gasteiger partial charge in [0, 0.05) is 12.2 Å². The van der Waals surface area contributed by atoms with Crippen molar-refractivity contribution in [2.75, 3.05) is 17.7 Å². The summed E-state index contributed by atoms with van der Waals surface area (Å²) in [4.78, 5) is 11.2. The molecule has 2 N–H and O–H groups in total. The first-order chi connectivity index (χ1) is 10.3. The molecule has 0 radical (unpaired) electrons. The lowest BCUT2D eigenvalue weighted by atomic mass is 10.0. The van der Waals surface area contributed by atoms with Gasteiger partial charge in [-0.2, -0.15) is 0 Å². The van der Waals surface area contributed by atoms with Gasteiger partial charge in [0.05, 0.1) is 6.04 Å². The summed E-state index contributed by atoms with van der Waals surface area (Å²) in [6.07, 6.45) is 0.793. The standard InChI is InChI=1S/C17H19ClN2O/c18-13-17(21)19-12-11-16(14-7-3-1-4-8-14)20-15-9-5-2-6-10-15/h1-10,16,20H,11-13H2,(H,19,21). The number of benzene rings is 2. The van der Waals surface area contributed by atoms with Crippen molar-refractivity contribution in [2.45, 2.75) is 12.5 Å². The van der Waals surface area contributed by atoms with E-state index in [1.807, 2.05) is 48.5 Å². The SMILES string of the molecule is O=C(CCl)NCCC(Nc1ccccc1)c1ccccc1. The number of anilines is 1. The normalized spacial score (nSPS) is 11.7. The summed E-state index contributed by atoms with van der Waals surface area (Å²) in [5.74, 6) is -0.134. The van der Waals surface area contributed by atoms with Crippen molar-refractivity contribution in [3.63, 3.8) is 0 Å². The van der Waals surface area contributed by atoms with Crippen molar-refractivity contribution < 1.29 is 4.79 Å². The number of carbonyl (C=O) groups is 1. The van der Waals surface area contributed by atoms with Gasteiger partial charge in [0.25, 0.3) is 0 Å². The fourth-order valence-corrected chi connectivity index (χ4v) is 2.24. The minimum atomic E-state index is -0.136. The second-order valence-corrected chi connectivity index (χ2v) is 5.01. The lowest BCUT2D eigenvalue weighted by molar-refractivity contribution is -0.118. The Balaban J connectivity index is 2.02. The number of amides is 1. The summed E-state index contributed by atoms with van der Waals surface area (Å²) in [5, 5.41) is 6.31. The Labute approximate surface area is 130 Å². The molecule has 0 aromatic heterocycles. The third-order valence-electron chi connectivity index (χ3n) is 3.19. The van der Waals surface area contributed by atoms with Gasteiger partial charge in [-0.3, -0.25) is 4.79 Å². The second kappa shape index (κ2) is 8.32. The van der Waals surface area contributed by atoms with Crippen molar-refractivity contribution in [3.8, 4) is 0 Å². The number of nitrogens with one attached hydrogen (secondary N) is 2. The predicted molar refractivity (Wildman–Crippen MR) is 87.6 cm³/mol. The molecule has 0 spiro atoms. The quantitative estimate of drug-likeness (QED) is 0.768. The third kappa shape index (κ3) is 5.12. The maximum atomic E-state index is 11.2. The predicted octanol–water partition coefficient (Wildman–Crippen LogP) is 3.58. The van der Waals surface area contributed by atoms with Gasteiger partial charge in [-0.05, 0) is 24.1 Å². The first kappa shape index (κ1) is 15.4. The van der Waals surface area contributed by atoms with E-state index in [4.69, 9.17) is 11.6 Å². The average Bonchev–Trinajstić information content (AvgIpc) is 2.55. The third-order valence-corrected chi connectivity index (χ3v) is 3.44. The fourth-order valence-electron chi connectivity index (χ4n) is 2.15. The van der Waals surface area contributed by atoms with Gasteiger partial charge in [0.1, 0.15) is 5.88 Å². The molecule has 0 bridgehead atoms. The number of halogens is 1. The summed E-state index contributed by atoms with van der Waals surface area (Å²) in [5.41, 5.74) is 2.26. The van der Waals surface area contributed by atoms with Crippen molar-refractivity contribution >= 4 is 23.2 Å². The van der Waals surface area contributed by atoms with E-state index in [1.165, 1.54) is 5.56 Å². The monoisotopic (exact) mass is 302 g/mol. The maximum absolute atomic E-state index is 11.2. The average molecular weight is 303 g/mol. The number of rotatable bonds is 7. The lowest BCUT2D eigenvalue weighted by Crippen LogP contribution is -2.27. The Hall–Kier alpha value is -2.00. The molecule has 0 aliphatic rings. The first-order valence-corrected chi connectivity index (χ1v) is 7.52. The van der Waals surface area contributed by atoms with E-state index < -0.39 is 0 Å². The van der Waals surface area contributed by atoms with E-state index in [-0.39, 0.29) is 17.8 Å². The van der Waals surface area contributed by atoms with Crippen LogP contribution in [0.4, 0.5) is 5.69 Å². The molecule has 1 amide bonds. The van der Waals surface area contributed by atoms with Crippen LogP contribution in [0.5, 0.6) is 0 Å². The Morgan fingerprint density at radius 1 is 1.00 bits per heavy atom. The lowest BCUT2D eigenvalue weighted by Gasteiger charge is -2.20. The molecule has 1 unspecified atom stereocenters. The number of alkyl halides is 1. The number of hydrogen-bond donors (Lipinski definition) is 2.